The Bertz CT molecular complexity index is 2210. The standard InChI is InChI=1S/C43H57F4N7O8S/c1-25(52-12-14-61-15-13-52)21-48-32(26(2)60-8)18-36-29(20-42(6,7)24-55)27-16-28(30(44)17-35(27)53(36)23-43(45,46)47)34-22-63-37(49-34)19-33(50-40(59)62-41(3,4)5)38(56)54-11-9-10-31(51-54)39(57)58/h16-18,21-22,26,31,33,51,55H,1,9-15,19-20,23-24H2,2-8H3,(H,50,59)(H,57,58)/b32-18+,48-21-/t26-,31-,33-/m0/s1. The Kier molecular flexibility index (Phi) is 15.8. The van der Waals surface area contributed by atoms with Crippen LogP contribution >= 0.6 is 11.3 Å². The van der Waals surface area contributed by atoms with Gasteiger partial charge in [-0.05, 0) is 76.1 Å². The number of thiazole rings is 1. The van der Waals surface area contributed by atoms with Crippen molar-refractivity contribution in [2.45, 2.75) is 104 Å². The van der Waals surface area contributed by atoms with Crippen molar-refractivity contribution in [1.29, 1.82) is 0 Å². The van der Waals surface area contributed by atoms with Crippen molar-refractivity contribution in [3.05, 3.63) is 57.6 Å². The van der Waals surface area contributed by atoms with Crippen molar-refractivity contribution in [2.75, 3.05) is 46.6 Å². The third kappa shape index (κ3) is 13.1. The minimum atomic E-state index is -4.72. The fraction of sp³-hybridized carbons (Fsp3) is 0.558. The molecule has 2 aromatic heterocycles. The number of methoxy groups -OCH3 is 1. The molecule has 3 aromatic rings. The minimum Gasteiger partial charge on any atom is -0.480 e. The average molecular weight is 908 g/mol. The Morgan fingerprint density at radius 2 is 1.86 bits per heavy atom. The van der Waals surface area contributed by atoms with Gasteiger partial charge in [0.1, 0.15) is 30.0 Å². The SMILES string of the molecule is C=C(/C=N\C(=C\c1c(CC(C)(C)CO)c2cc(-c3csc(C[C@H](NC(=O)OC(C)(C)C)C(=O)N4CCC[C@@H](C(=O)O)N4)n3)c(F)cc2n1CC(F)(F)F)[C@H](C)OC)N1CCOCC1. The van der Waals surface area contributed by atoms with E-state index in [0.717, 1.165) is 27.0 Å². The second-order valence-corrected chi connectivity index (χ2v) is 18.3. The Labute approximate surface area is 367 Å². The molecule has 5 rings (SSSR count). The van der Waals surface area contributed by atoms with Crippen molar-refractivity contribution in [1.82, 2.24) is 30.2 Å². The molecular formula is C43H57F4N7O8S. The predicted octanol–water partition coefficient (Wildman–Crippen LogP) is 6.34. The summed E-state index contributed by atoms with van der Waals surface area (Å²) in [6, 6.07) is 0.168. The Hall–Kier alpha value is -4.89. The number of aromatic nitrogens is 2. The molecule has 0 bridgehead atoms. The van der Waals surface area contributed by atoms with Crippen molar-refractivity contribution in [3.8, 4) is 11.3 Å². The lowest BCUT2D eigenvalue weighted by Gasteiger charge is -2.34. The smallest absolute Gasteiger partial charge is 0.408 e. The second-order valence-electron chi connectivity index (χ2n) is 17.4. The molecule has 0 radical (unpaired) electrons. The van der Waals surface area contributed by atoms with E-state index in [-0.39, 0.29) is 59.5 Å². The summed E-state index contributed by atoms with van der Waals surface area (Å²) < 4.78 is 77.3. The third-order valence-electron chi connectivity index (χ3n) is 10.5. The van der Waals surface area contributed by atoms with Crippen molar-refractivity contribution >= 4 is 52.5 Å². The van der Waals surface area contributed by atoms with Crippen LogP contribution in [0.15, 0.2) is 40.5 Å². The number of allylic oxidation sites excluding steroid dienone is 1. The molecule has 15 nitrogen and oxygen atoms in total. The summed E-state index contributed by atoms with van der Waals surface area (Å²) >= 11 is 1.06. The second kappa shape index (κ2) is 20.3. The van der Waals surface area contributed by atoms with E-state index in [0.29, 0.717) is 55.4 Å². The topological polar surface area (TPSA) is 180 Å². The number of nitrogens with one attached hydrogen (secondary N) is 2. The number of aliphatic hydroxyl groups excluding tert-OH is 1. The van der Waals surface area contributed by atoms with Gasteiger partial charge >= 0.3 is 18.2 Å². The zero-order valence-electron chi connectivity index (χ0n) is 36.6. The summed E-state index contributed by atoms with van der Waals surface area (Å²) in [6.07, 6.45) is -2.73. The molecule has 63 heavy (non-hydrogen) atoms. The van der Waals surface area contributed by atoms with Gasteiger partial charge in [-0.2, -0.15) is 13.2 Å². The lowest BCUT2D eigenvalue weighted by atomic mass is 9.85. The quantitative estimate of drug-likeness (QED) is 0.0932. The van der Waals surface area contributed by atoms with Crippen LogP contribution in [0, 0.1) is 11.2 Å². The highest BCUT2D eigenvalue weighted by Crippen LogP contribution is 2.39. The van der Waals surface area contributed by atoms with Crippen LogP contribution in [-0.2, 0) is 43.2 Å². The maximum Gasteiger partial charge on any atom is 0.408 e. The highest BCUT2D eigenvalue weighted by Gasteiger charge is 2.36. The molecule has 0 unspecified atom stereocenters. The normalized spacial score (nSPS) is 17.9. The zero-order valence-corrected chi connectivity index (χ0v) is 37.4. The summed E-state index contributed by atoms with van der Waals surface area (Å²) in [5.41, 5.74) is 2.32. The molecule has 2 amide bonds. The summed E-state index contributed by atoms with van der Waals surface area (Å²) in [5, 5.41) is 25.8. The summed E-state index contributed by atoms with van der Waals surface area (Å²) in [7, 11) is 1.45. The molecule has 2 fully saturated rings. The van der Waals surface area contributed by atoms with E-state index in [2.05, 4.69) is 27.3 Å². The number of halogens is 4. The van der Waals surface area contributed by atoms with Gasteiger partial charge in [0.2, 0.25) is 0 Å². The number of hydrazine groups is 1. The number of carbonyl (C=O) groups is 3. The van der Waals surface area contributed by atoms with Crippen LogP contribution in [-0.4, -0.2) is 130 Å². The fourth-order valence-electron chi connectivity index (χ4n) is 7.16. The van der Waals surface area contributed by atoms with Gasteiger partial charge in [0.15, 0.2) is 0 Å². The molecule has 0 spiro atoms. The molecule has 1 aromatic carbocycles. The summed E-state index contributed by atoms with van der Waals surface area (Å²) in [4.78, 5) is 49.7. The summed E-state index contributed by atoms with van der Waals surface area (Å²) in [5.74, 6) is -2.65. The molecule has 2 aliphatic rings. The van der Waals surface area contributed by atoms with Gasteiger partial charge in [0.05, 0.1) is 41.2 Å². The number of aliphatic imine (C=N–C) groups is 1. The van der Waals surface area contributed by atoms with E-state index in [1.54, 1.807) is 41.5 Å². The van der Waals surface area contributed by atoms with Crippen LogP contribution in [0.1, 0.15) is 70.6 Å². The zero-order chi connectivity index (χ0) is 46.4. The molecule has 4 N–H and O–H groups in total. The number of carboxylic acids is 1. The van der Waals surface area contributed by atoms with Crippen LogP contribution in [0.2, 0.25) is 0 Å². The Morgan fingerprint density at radius 1 is 1.16 bits per heavy atom. The lowest BCUT2D eigenvalue weighted by molar-refractivity contribution is -0.147. The lowest BCUT2D eigenvalue weighted by Crippen LogP contribution is -2.60. The molecule has 0 saturated carbocycles. The van der Waals surface area contributed by atoms with E-state index in [9.17, 15) is 37.8 Å². The fourth-order valence-corrected chi connectivity index (χ4v) is 8.00. The monoisotopic (exact) mass is 907 g/mol. The molecule has 2 saturated heterocycles. The maximum atomic E-state index is 16.4. The number of hydrogen-bond acceptors (Lipinski definition) is 12. The molecular weight excluding hydrogens is 851 g/mol. The maximum absolute atomic E-state index is 16.4. The number of hydrogen-bond donors (Lipinski definition) is 4. The van der Waals surface area contributed by atoms with Gasteiger partial charge in [-0.25, -0.2) is 19.6 Å². The third-order valence-corrected chi connectivity index (χ3v) is 11.4. The first-order valence-corrected chi connectivity index (χ1v) is 21.4. The molecule has 346 valence electrons. The van der Waals surface area contributed by atoms with Gasteiger partial charge in [0, 0.05) is 73.7 Å². The van der Waals surface area contributed by atoms with E-state index < -0.39 is 65.7 Å². The number of fused-ring (bicyclic) bond motifs is 1. The number of aliphatic hydroxyl groups is 1. The highest BCUT2D eigenvalue weighted by atomic mass is 32.1. The van der Waals surface area contributed by atoms with Crippen LogP contribution in [0.4, 0.5) is 22.4 Å². The number of morpholine rings is 1. The minimum absolute atomic E-state index is 0.0389. The van der Waals surface area contributed by atoms with Gasteiger partial charge < -0.3 is 39.2 Å². The molecule has 4 heterocycles. The average Bonchev–Trinajstić information content (AvgIpc) is 3.78. The largest absolute Gasteiger partial charge is 0.480 e. The predicted molar refractivity (Wildman–Crippen MR) is 230 cm³/mol. The van der Waals surface area contributed by atoms with Crippen molar-refractivity contribution < 1.29 is 56.4 Å². The number of ether oxygens (including phenoxy) is 3. The van der Waals surface area contributed by atoms with Gasteiger partial charge in [-0.15, -0.1) is 11.3 Å². The molecule has 20 heteroatoms. The Morgan fingerprint density at radius 3 is 2.48 bits per heavy atom. The van der Waals surface area contributed by atoms with Crippen molar-refractivity contribution in [2.24, 2.45) is 10.4 Å². The summed E-state index contributed by atoms with van der Waals surface area (Å²) in [6.45, 7) is 14.9. The number of rotatable bonds is 16. The van der Waals surface area contributed by atoms with Gasteiger partial charge in [0.25, 0.3) is 5.91 Å². The number of nitrogens with zero attached hydrogens (tertiary/aromatic N) is 5. The number of aliphatic carboxylic acids is 1. The number of alkyl halides is 3. The first-order valence-electron chi connectivity index (χ1n) is 20.6. The van der Waals surface area contributed by atoms with Crippen LogP contribution in [0.5, 0.6) is 0 Å². The van der Waals surface area contributed by atoms with Crippen LogP contribution in [0.3, 0.4) is 0 Å². The first kappa shape index (κ1) is 49.1. The molecule has 2 aliphatic heterocycles. The molecule has 3 atom stereocenters. The number of benzene rings is 1. The van der Waals surface area contributed by atoms with Gasteiger partial charge in [-0.3, -0.25) is 19.6 Å². The van der Waals surface area contributed by atoms with E-state index in [1.807, 2.05) is 4.90 Å². The first-order chi connectivity index (χ1) is 29.5. The van der Waals surface area contributed by atoms with E-state index >= 15 is 4.39 Å². The molecule has 0 aliphatic carbocycles. The van der Waals surface area contributed by atoms with Crippen molar-refractivity contribution in [3.63, 3.8) is 0 Å². The van der Waals surface area contributed by atoms with E-state index in [1.165, 1.54) is 30.8 Å². The number of carbonyl (C=O) groups excluding carboxylic acids is 2. The van der Waals surface area contributed by atoms with Crippen LogP contribution in [0.25, 0.3) is 28.2 Å². The van der Waals surface area contributed by atoms with E-state index in [4.69, 9.17) is 14.2 Å². The highest BCUT2D eigenvalue weighted by molar-refractivity contribution is 7.10. The van der Waals surface area contributed by atoms with Gasteiger partial charge in [-0.1, -0.05) is 20.4 Å². The van der Waals surface area contributed by atoms with Crippen LogP contribution < -0.4 is 10.7 Å². The number of amides is 2. The number of carboxylic acid groups (broad SMARTS) is 1. The number of alkyl carbamates (subject to hydrolysis) is 1. The Balaban J connectivity index is 1.61.